The van der Waals surface area contributed by atoms with Crippen LogP contribution in [0.25, 0.3) is 0 Å². The quantitative estimate of drug-likeness (QED) is 0.809. The summed E-state index contributed by atoms with van der Waals surface area (Å²) in [5.41, 5.74) is 8.30. The number of nitrogens with zero attached hydrogens (tertiary/aromatic N) is 2. The Morgan fingerprint density at radius 2 is 2.00 bits per heavy atom. The van der Waals surface area contributed by atoms with E-state index < -0.39 is 0 Å². The van der Waals surface area contributed by atoms with Crippen molar-refractivity contribution in [3.63, 3.8) is 0 Å². The number of nitrogen functional groups attached to an aromatic ring is 1. The number of aromatic amines is 1. The van der Waals surface area contributed by atoms with E-state index in [1.165, 1.54) is 0 Å². The number of H-pyrrole nitrogens is 1. The number of amides is 2. The molecule has 5 heteroatoms. The van der Waals surface area contributed by atoms with Crippen LogP contribution in [0.4, 0.5) is 16.2 Å². The minimum absolute atomic E-state index is 0.00405. The van der Waals surface area contributed by atoms with E-state index in [-0.39, 0.29) is 12.1 Å². The maximum atomic E-state index is 12.3. The predicted molar refractivity (Wildman–Crippen MR) is 74.9 cm³/mol. The zero-order valence-corrected chi connectivity index (χ0v) is 10.7. The van der Waals surface area contributed by atoms with Gasteiger partial charge in [0, 0.05) is 30.3 Å². The lowest BCUT2D eigenvalue weighted by molar-refractivity contribution is 0.218. The number of nitrogens with one attached hydrogen (secondary N) is 1. The van der Waals surface area contributed by atoms with Gasteiger partial charge in [-0.2, -0.15) is 0 Å². The number of rotatable bonds is 2. The first-order valence-corrected chi connectivity index (χ1v) is 6.20. The number of carbonyl (C=O) groups is 1. The molecule has 1 atom stereocenters. The third-order valence-electron chi connectivity index (χ3n) is 3.54. The molecule has 3 N–H and O–H groups in total. The number of likely N-dealkylation sites (N-methyl/N-ethyl adjacent to an activating group) is 1. The summed E-state index contributed by atoms with van der Waals surface area (Å²) in [5.74, 6) is 0. The molecule has 0 radical (unpaired) electrons. The van der Waals surface area contributed by atoms with E-state index in [9.17, 15) is 4.79 Å². The molecule has 2 heterocycles. The normalized spacial score (nSPS) is 19.2. The van der Waals surface area contributed by atoms with Gasteiger partial charge in [0.25, 0.3) is 0 Å². The number of urea groups is 1. The van der Waals surface area contributed by atoms with Gasteiger partial charge in [0.1, 0.15) is 0 Å². The Morgan fingerprint density at radius 3 is 2.63 bits per heavy atom. The van der Waals surface area contributed by atoms with Crippen LogP contribution in [0.3, 0.4) is 0 Å². The Kier molecular flexibility index (Phi) is 2.67. The second-order valence-corrected chi connectivity index (χ2v) is 4.74. The van der Waals surface area contributed by atoms with Crippen LogP contribution in [0.2, 0.25) is 0 Å². The molecular formula is C14H16N4O. The average Bonchev–Trinajstić information content (AvgIpc) is 3.02. The van der Waals surface area contributed by atoms with E-state index in [0.29, 0.717) is 12.2 Å². The van der Waals surface area contributed by atoms with Crippen molar-refractivity contribution in [3.05, 3.63) is 48.3 Å². The fourth-order valence-electron chi connectivity index (χ4n) is 2.43. The molecule has 19 heavy (non-hydrogen) atoms. The zero-order valence-electron chi connectivity index (χ0n) is 10.7. The summed E-state index contributed by atoms with van der Waals surface area (Å²) in [4.78, 5) is 19.0. The molecule has 1 aliphatic heterocycles. The summed E-state index contributed by atoms with van der Waals surface area (Å²) < 4.78 is 0. The number of anilines is 2. The minimum atomic E-state index is 0.00405. The van der Waals surface area contributed by atoms with Gasteiger partial charge in [0.15, 0.2) is 0 Å². The van der Waals surface area contributed by atoms with Gasteiger partial charge in [-0.05, 0) is 36.4 Å². The lowest BCUT2D eigenvalue weighted by Gasteiger charge is -2.16. The van der Waals surface area contributed by atoms with Gasteiger partial charge in [-0.25, -0.2) is 4.79 Å². The van der Waals surface area contributed by atoms with Crippen molar-refractivity contribution in [1.82, 2.24) is 9.88 Å². The molecule has 1 aromatic heterocycles. The highest BCUT2D eigenvalue weighted by molar-refractivity contribution is 5.94. The van der Waals surface area contributed by atoms with Crippen molar-refractivity contribution in [2.45, 2.75) is 6.04 Å². The molecule has 98 valence electrons. The Hall–Kier alpha value is -2.43. The van der Waals surface area contributed by atoms with Crippen molar-refractivity contribution in [2.24, 2.45) is 0 Å². The molecule has 0 spiro atoms. The standard InChI is InChI=1S/C14H16N4O/c1-17-13(12-3-2-8-16-12)9-18(14(17)19)11-6-4-10(15)5-7-11/h2-8,13,16H,9,15H2,1H3. The Morgan fingerprint density at radius 1 is 1.26 bits per heavy atom. The topological polar surface area (TPSA) is 65.4 Å². The highest BCUT2D eigenvalue weighted by Crippen LogP contribution is 2.31. The maximum Gasteiger partial charge on any atom is 0.324 e. The molecule has 2 amide bonds. The Bertz CT molecular complexity index is 576. The smallest absolute Gasteiger partial charge is 0.324 e. The number of nitrogens with two attached hydrogens (primary N) is 1. The van der Waals surface area contributed by atoms with Crippen molar-refractivity contribution in [2.75, 3.05) is 24.2 Å². The van der Waals surface area contributed by atoms with Gasteiger partial charge in [0.2, 0.25) is 0 Å². The van der Waals surface area contributed by atoms with Crippen molar-refractivity contribution in [3.8, 4) is 0 Å². The van der Waals surface area contributed by atoms with E-state index in [1.807, 2.05) is 49.6 Å². The summed E-state index contributed by atoms with van der Waals surface area (Å²) in [6.07, 6.45) is 1.87. The third kappa shape index (κ3) is 1.93. The van der Waals surface area contributed by atoms with Crippen molar-refractivity contribution < 1.29 is 4.79 Å². The maximum absolute atomic E-state index is 12.3. The molecule has 0 bridgehead atoms. The van der Waals surface area contributed by atoms with E-state index in [0.717, 1.165) is 11.4 Å². The minimum Gasteiger partial charge on any atom is -0.399 e. The van der Waals surface area contributed by atoms with Gasteiger partial charge in [0.05, 0.1) is 12.6 Å². The van der Waals surface area contributed by atoms with Crippen LogP contribution in [-0.4, -0.2) is 29.5 Å². The van der Waals surface area contributed by atoms with Gasteiger partial charge in [-0.3, -0.25) is 4.90 Å². The van der Waals surface area contributed by atoms with Gasteiger partial charge < -0.3 is 15.6 Å². The molecule has 1 aromatic carbocycles. The van der Waals surface area contributed by atoms with E-state index in [1.54, 1.807) is 9.80 Å². The first-order valence-electron chi connectivity index (χ1n) is 6.20. The van der Waals surface area contributed by atoms with Crippen molar-refractivity contribution in [1.29, 1.82) is 0 Å². The highest BCUT2D eigenvalue weighted by atomic mass is 16.2. The van der Waals surface area contributed by atoms with E-state index in [2.05, 4.69) is 4.98 Å². The van der Waals surface area contributed by atoms with Crippen molar-refractivity contribution >= 4 is 17.4 Å². The number of carbonyl (C=O) groups excluding carboxylic acids is 1. The van der Waals surface area contributed by atoms with Crippen LogP contribution >= 0.6 is 0 Å². The van der Waals surface area contributed by atoms with Crippen LogP contribution in [0, 0.1) is 0 Å². The van der Waals surface area contributed by atoms with Gasteiger partial charge >= 0.3 is 6.03 Å². The monoisotopic (exact) mass is 256 g/mol. The first kappa shape index (κ1) is 11.6. The third-order valence-corrected chi connectivity index (χ3v) is 3.54. The molecule has 1 unspecified atom stereocenters. The molecule has 0 saturated carbocycles. The Labute approximate surface area is 111 Å². The largest absolute Gasteiger partial charge is 0.399 e. The molecule has 3 rings (SSSR count). The molecular weight excluding hydrogens is 240 g/mol. The summed E-state index contributed by atoms with van der Waals surface area (Å²) >= 11 is 0. The van der Waals surface area contributed by atoms with Crippen LogP contribution < -0.4 is 10.6 Å². The summed E-state index contributed by atoms with van der Waals surface area (Å²) in [7, 11) is 1.82. The van der Waals surface area contributed by atoms with Crippen LogP contribution in [0.15, 0.2) is 42.6 Å². The predicted octanol–water partition coefficient (Wildman–Crippen LogP) is 2.21. The molecule has 2 aromatic rings. The van der Waals surface area contributed by atoms with Crippen LogP contribution in [0.5, 0.6) is 0 Å². The van der Waals surface area contributed by atoms with Crippen LogP contribution in [-0.2, 0) is 0 Å². The SMILES string of the molecule is CN1C(=O)N(c2ccc(N)cc2)CC1c1ccc[nH]1. The van der Waals surface area contributed by atoms with Gasteiger partial charge in [-0.15, -0.1) is 0 Å². The lowest BCUT2D eigenvalue weighted by atomic mass is 10.2. The summed E-state index contributed by atoms with van der Waals surface area (Å²) in [6.45, 7) is 0.639. The number of hydrogen-bond donors (Lipinski definition) is 2. The highest BCUT2D eigenvalue weighted by Gasteiger charge is 2.36. The summed E-state index contributed by atoms with van der Waals surface area (Å²) in [5, 5.41) is 0. The van der Waals surface area contributed by atoms with Gasteiger partial charge in [-0.1, -0.05) is 0 Å². The fraction of sp³-hybridized carbons (Fsp3) is 0.214. The second kappa shape index (κ2) is 4.35. The zero-order chi connectivity index (χ0) is 13.4. The first-order chi connectivity index (χ1) is 9.16. The lowest BCUT2D eigenvalue weighted by Crippen LogP contribution is -2.29. The number of hydrogen-bond acceptors (Lipinski definition) is 2. The second-order valence-electron chi connectivity index (χ2n) is 4.74. The summed E-state index contributed by atoms with van der Waals surface area (Å²) in [6, 6.07) is 11.4. The molecule has 1 saturated heterocycles. The molecule has 1 fully saturated rings. The average molecular weight is 256 g/mol. The molecule has 1 aliphatic rings. The fourth-order valence-corrected chi connectivity index (χ4v) is 2.43. The Balaban J connectivity index is 1.89. The molecule has 0 aliphatic carbocycles. The molecule has 5 nitrogen and oxygen atoms in total. The van der Waals surface area contributed by atoms with Crippen LogP contribution in [0.1, 0.15) is 11.7 Å². The number of benzene rings is 1. The number of aromatic nitrogens is 1. The van der Waals surface area contributed by atoms with E-state index >= 15 is 0 Å². The van der Waals surface area contributed by atoms with E-state index in [4.69, 9.17) is 5.73 Å².